The van der Waals surface area contributed by atoms with Gasteiger partial charge in [-0.05, 0) is 46.2 Å². The van der Waals surface area contributed by atoms with E-state index in [1.54, 1.807) is 0 Å². The SMILES string of the molecule is CC(CCC(=O)O)NCC(C)N1CCCC1. The average molecular weight is 228 g/mol. The van der Waals surface area contributed by atoms with Crippen molar-refractivity contribution in [2.24, 2.45) is 0 Å². The lowest BCUT2D eigenvalue weighted by atomic mass is 10.1. The van der Waals surface area contributed by atoms with Crippen LogP contribution < -0.4 is 5.32 Å². The Balaban J connectivity index is 2.10. The quantitative estimate of drug-likeness (QED) is 0.690. The predicted molar refractivity (Wildman–Crippen MR) is 64.6 cm³/mol. The Bertz CT molecular complexity index is 215. The summed E-state index contributed by atoms with van der Waals surface area (Å²) in [7, 11) is 0. The number of carboxylic acid groups (broad SMARTS) is 1. The van der Waals surface area contributed by atoms with Gasteiger partial charge in [0.05, 0.1) is 0 Å². The zero-order chi connectivity index (χ0) is 12.0. The first-order valence-electron chi connectivity index (χ1n) is 6.29. The predicted octanol–water partition coefficient (Wildman–Crippen LogP) is 1.31. The van der Waals surface area contributed by atoms with E-state index in [1.807, 2.05) is 0 Å². The van der Waals surface area contributed by atoms with Gasteiger partial charge in [-0.3, -0.25) is 9.69 Å². The van der Waals surface area contributed by atoms with Gasteiger partial charge in [-0.15, -0.1) is 0 Å². The molecule has 0 amide bonds. The van der Waals surface area contributed by atoms with Crippen molar-refractivity contribution in [1.29, 1.82) is 0 Å². The van der Waals surface area contributed by atoms with Crippen molar-refractivity contribution in [3.8, 4) is 0 Å². The molecule has 1 aliphatic heterocycles. The van der Waals surface area contributed by atoms with E-state index in [9.17, 15) is 4.79 Å². The zero-order valence-corrected chi connectivity index (χ0v) is 10.4. The van der Waals surface area contributed by atoms with Crippen LogP contribution in [0.5, 0.6) is 0 Å². The van der Waals surface area contributed by atoms with Crippen LogP contribution in [0.4, 0.5) is 0 Å². The van der Waals surface area contributed by atoms with Gasteiger partial charge in [0.1, 0.15) is 0 Å². The fourth-order valence-electron chi connectivity index (χ4n) is 2.13. The van der Waals surface area contributed by atoms with E-state index < -0.39 is 5.97 Å². The molecule has 1 rings (SSSR count). The van der Waals surface area contributed by atoms with Gasteiger partial charge in [0.25, 0.3) is 0 Å². The molecule has 0 bridgehead atoms. The Morgan fingerprint density at radius 2 is 2.00 bits per heavy atom. The third-order valence-electron chi connectivity index (χ3n) is 3.32. The van der Waals surface area contributed by atoms with Gasteiger partial charge in [-0.2, -0.15) is 0 Å². The summed E-state index contributed by atoms with van der Waals surface area (Å²) >= 11 is 0. The largest absolute Gasteiger partial charge is 0.481 e. The summed E-state index contributed by atoms with van der Waals surface area (Å²) in [6, 6.07) is 0.857. The molecule has 0 aromatic carbocycles. The van der Waals surface area contributed by atoms with Crippen molar-refractivity contribution in [1.82, 2.24) is 10.2 Å². The van der Waals surface area contributed by atoms with Crippen molar-refractivity contribution >= 4 is 5.97 Å². The van der Waals surface area contributed by atoms with Gasteiger partial charge in [-0.1, -0.05) is 0 Å². The molecule has 0 aliphatic carbocycles. The number of hydrogen-bond acceptors (Lipinski definition) is 3. The number of hydrogen-bond donors (Lipinski definition) is 2. The summed E-state index contributed by atoms with van der Waals surface area (Å²) in [6.07, 6.45) is 3.60. The maximum absolute atomic E-state index is 10.4. The molecular formula is C12H24N2O2. The van der Waals surface area contributed by atoms with Crippen LogP contribution in [-0.2, 0) is 4.79 Å². The first kappa shape index (κ1) is 13.5. The summed E-state index contributed by atoms with van der Waals surface area (Å²) in [4.78, 5) is 12.9. The smallest absolute Gasteiger partial charge is 0.303 e. The molecule has 4 heteroatoms. The summed E-state index contributed by atoms with van der Waals surface area (Å²) in [6.45, 7) is 7.68. The maximum atomic E-state index is 10.4. The molecular weight excluding hydrogens is 204 g/mol. The summed E-state index contributed by atoms with van der Waals surface area (Å²) in [5, 5.41) is 12.0. The molecule has 1 aliphatic rings. The molecule has 0 aromatic rings. The number of nitrogens with zero attached hydrogens (tertiary/aromatic N) is 1. The van der Waals surface area contributed by atoms with Crippen molar-refractivity contribution < 1.29 is 9.90 Å². The highest BCUT2D eigenvalue weighted by Crippen LogP contribution is 2.11. The summed E-state index contributed by atoms with van der Waals surface area (Å²) in [5.74, 6) is -0.707. The summed E-state index contributed by atoms with van der Waals surface area (Å²) in [5.41, 5.74) is 0. The highest BCUT2D eigenvalue weighted by Gasteiger charge is 2.18. The minimum absolute atomic E-state index is 0.256. The summed E-state index contributed by atoms with van der Waals surface area (Å²) < 4.78 is 0. The topological polar surface area (TPSA) is 52.6 Å². The normalized spacial score (nSPS) is 20.9. The van der Waals surface area contributed by atoms with Crippen LogP contribution in [0.25, 0.3) is 0 Å². The molecule has 0 saturated carbocycles. The average Bonchev–Trinajstić information content (AvgIpc) is 2.76. The third-order valence-corrected chi connectivity index (χ3v) is 3.32. The third kappa shape index (κ3) is 4.94. The van der Waals surface area contributed by atoms with Crippen LogP contribution in [0.2, 0.25) is 0 Å². The Morgan fingerprint density at radius 1 is 1.38 bits per heavy atom. The molecule has 2 N–H and O–H groups in total. The molecule has 4 nitrogen and oxygen atoms in total. The van der Waals surface area contributed by atoms with Crippen molar-refractivity contribution in [3.63, 3.8) is 0 Å². The number of aliphatic carboxylic acids is 1. The van der Waals surface area contributed by atoms with Gasteiger partial charge >= 0.3 is 5.97 Å². The van der Waals surface area contributed by atoms with Crippen molar-refractivity contribution in [3.05, 3.63) is 0 Å². The molecule has 1 saturated heterocycles. The highest BCUT2D eigenvalue weighted by molar-refractivity contribution is 5.66. The van der Waals surface area contributed by atoms with Gasteiger partial charge in [0.2, 0.25) is 0 Å². The molecule has 16 heavy (non-hydrogen) atoms. The minimum atomic E-state index is -0.707. The molecule has 94 valence electrons. The minimum Gasteiger partial charge on any atom is -0.481 e. The van der Waals surface area contributed by atoms with Crippen LogP contribution in [0, 0.1) is 0 Å². The van der Waals surface area contributed by atoms with Gasteiger partial charge in [0, 0.05) is 25.0 Å². The molecule has 0 spiro atoms. The van der Waals surface area contributed by atoms with Gasteiger partial charge in [0.15, 0.2) is 0 Å². The zero-order valence-electron chi connectivity index (χ0n) is 10.4. The lowest BCUT2D eigenvalue weighted by molar-refractivity contribution is -0.137. The number of carboxylic acids is 1. The first-order chi connectivity index (χ1) is 7.59. The Labute approximate surface area is 98.0 Å². The fourth-order valence-corrected chi connectivity index (χ4v) is 2.13. The highest BCUT2D eigenvalue weighted by atomic mass is 16.4. The van der Waals surface area contributed by atoms with Gasteiger partial charge in [-0.25, -0.2) is 0 Å². The van der Waals surface area contributed by atoms with E-state index in [1.165, 1.54) is 25.9 Å². The van der Waals surface area contributed by atoms with Crippen molar-refractivity contribution in [2.45, 2.75) is 51.6 Å². The maximum Gasteiger partial charge on any atom is 0.303 e. The Hall–Kier alpha value is -0.610. The first-order valence-corrected chi connectivity index (χ1v) is 6.29. The molecule has 2 unspecified atom stereocenters. The van der Waals surface area contributed by atoms with Crippen LogP contribution in [0.15, 0.2) is 0 Å². The standard InChI is InChI=1S/C12H24N2O2/c1-10(5-6-12(15)16)13-9-11(2)14-7-3-4-8-14/h10-11,13H,3-9H2,1-2H3,(H,15,16). The molecule has 0 aromatic heterocycles. The van der Waals surface area contributed by atoms with Crippen LogP contribution in [-0.4, -0.2) is 47.7 Å². The Morgan fingerprint density at radius 3 is 2.56 bits per heavy atom. The second-order valence-corrected chi connectivity index (χ2v) is 4.83. The van der Waals surface area contributed by atoms with Crippen molar-refractivity contribution in [2.75, 3.05) is 19.6 Å². The molecule has 0 radical (unpaired) electrons. The Kier molecular flexibility index (Phi) is 5.77. The van der Waals surface area contributed by atoms with Crippen LogP contribution >= 0.6 is 0 Å². The monoisotopic (exact) mass is 228 g/mol. The van der Waals surface area contributed by atoms with Crippen LogP contribution in [0.3, 0.4) is 0 Å². The number of carbonyl (C=O) groups is 1. The lowest BCUT2D eigenvalue weighted by Gasteiger charge is -2.25. The van der Waals surface area contributed by atoms with Crippen LogP contribution in [0.1, 0.15) is 39.5 Å². The number of likely N-dealkylation sites (tertiary alicyclic amines) is 1. The van der Waals surface area contributed by atoms with E-state index in [-0.39, 0.29) is 6.42 Å². The second-order valence-electron chi connectivity index (χ2n) is 4.83. The van der Waals surface area contributed by atoms with E-state index in [2.05, 4.69) is 24.1 Å². The lowest BCUT2D eigenvalue weighted by Crippen LogP contribution is -2.41. The number of nitrogens with one attached hydrogen (secondary N) is 1. The van der Waals surface area contributed by atoms with Gasteiger partial charge < -0.3 is 10.4 Å². The van der Waals surface area contributed by atoms with E-state index in [0.29, 0.717) is 18.5 Å². The van der Waals surface area contributed by atoms with E-state index in [4.69, 9.17) is 5.11 Å². The van der Waals surface area contributed by atoms with E-state index >= 15 is 0 Å². The molecule has 2 atom stereocenters. The molecule has 1 fully saturated rings. The number of rotatable bonds is 7. The van der Waals surface area contributed by atoms with E-state index in [0.717, 1.165) is 6.54 Å². The molecule has 1 heterocycles. The fraction of sp³-hybridized carbons (Fsp3) is 0.917. The second kappa shape index (κ2) is 6.86.